The lowest BCUT2D eigenvalue weighted by Crippen LogP contribution is -2.15. The molecule has 0 unspecified atom stereocenters. The Kier molecular flexibility index (Phi) is 3.33. The lowest BCUT2D eigenvalue weighted by molar-refractivity contribution is -0.117. The molecule has 0 saturated heterocycles. The number of nitrogens with one attached hydrogen (secondary N) is 1. The van der Waals surface area contributed by atoms with Crippen molar-refractivity contribution in [3.8, 4) is 0 Å². The third-order valence-electron chi connectivity index (χ3n) is 3.50. The highest BCUT2D eigenvalue weighted by atomic mass is 79.9. The molecule has 1 aromatic carbocycles. The van der Waals surface area contributed by atoms with E-state index in [4.69, 9.17) is 0 Å². The minimum Gasteiger partial charge on any atom is -0.309 e. The first-order valence-electron chi connectivity index (χ1n) is 6.30. The fourth-order valence-corrected chi connectivity index (χ4v) is 2.58. The second kappa shape index (κ2) is 5.01. The summed E-state index contributed by atoms with van der Waals surface area (Å²) < 4.78 is 15.3. The third kappa shape index (κ3) is 2.60. The van der Waals surface area contributed by atoms with Crippen LogP contribution in [-0.2, 0) is 11.8 Å². The summed E-state index contributed by atoms with van der Waals surface area (Å²) in [5.41, 5.74) is 1.01. The topological polar surface area (TPSA) is 46.9 Å². The first kappa shape index (κ1) is 13.3. The molecule has 6 heteroatoms. The summed E-state index contributed by atoms with van der Waals surface area (Å²) in [5, 5.41) is 6.96. The van der Waals surface area contributed by atoms with Gasteiger partial charge in [0, 0.05) is 19.0 Å². The van der Waals surface area contributed by atoms with Crippen LogP contribution in [0.4, 0.5) is 10.2 Å². The first-order chi connectivity index (χ1) is 9.54. The molecule has 1 aliphatic rings. The molecule has 2 atom stereocenters. The number of aryl methyl sites for hydroxylation is 1. The maximum absolute atomic E-state index is 12.9. The van der Waals surface area contributed by atoms with Crippen LogP contribution in [0, 0.1) is 11.7 Å². The Hall–Kier alpha value is -1.69. The Balaban J connectivity index is 1.64. The zero-order chi connectivity index (χ0) is 14.3. The van der Waals surface area contributed by atoms with E-state index >= 15 is 0 Å². The summed E-state index contributed by atoms with van der Waals surface area (Å²) >= 11 is 3.33. The van der Waals surface area contributed by atoms with Gasteiger partial charge in [0.1, 0.15) is 10.4 Å². The van der Waals surface area contributed by atoms with Crippen molar-refractivity contribution in [2.75, 3.05) is 5.32 Å². The number of nitrogens with zero attached hydrogens (tertiary/aromatic N) is 2. The molecule has 1 heterocycles. The predicted octanol–water partition coefficient (Wildman–Crippen LogP) is 3.06. The van der Waals surface area contributed by atoms with E-state index in [0.29, 0.717) is 5.82 Å². The molecular formula is C14H13BrFN3O. The minimum atomic E-state index is -0.256. The number of halogens is 2. The van der Waals surface area contributed by atoms with Crippen LogP contribution >= 0.6 is 15.9 Å². The molecule has 0 radical (unpaired) electrons. The van der Waals surface area contributed by atoms with Crippen molar-refractivity contribution < 1.29 is 9.18 Å². The van der Waals surface area contributed by atoms with Crippen molar-refractivity contribution in [1.29, 1.82) is 0 Å². The number of carbonyl (C=O) groups excluding carboxylic acids is 1. The van der Waals surface area contributed by atoms with Crippen molar-refractivity contribution >= 4 is 27.7 Å². The van der Waals surface area contributed by atoms with Crippen molar-refractivity contribution in [3.63, 3.8) is 0 Å². The fraction of sp³-hybridized carbons (Fsp3) is 0.286. The molecule has 1 amide bonds. The summed E-state index contributed by atoms with van der Waals surface area (Å²) in [4.78, 5) is 12.1. The molecule has 1 fully saturated rings. The molecule has 4 nitrogen and oxygen atoms in total. The highest BCUT2D eigenvalue weighted by Crippen LogP contribution is 2.47. The molecule has 3 rings (SSSR count). The fourth-order valence-electron chi connectivity index (χ4n) is 2.29. The molecule has 0 aliphatic heterocycles. The lowest BCUT2D eigenvalue weighted by Gasteiger charge is -2.02. The SMILES string of the molecule is Cn1nc(NC(=O)[C@H]2C[C@@H]2c2ccc(F)cc2)cc1Br. The van der Waals surface area contributed by atoms with E-state index in [9.17, 15) is 9.18 Å². The van der Waals surface area contributed by atoms with Crippen LogP contribution in [0.15, 0.2) is 34.9 Å². The number of anilines is 1. The lowest BCUT2D eigenvalue weighted by atomic mass is 10.1. The van der Waals surface area contributed by atoms with Gasteiger partial charge in [-0.2, -0.15) is 5.10 Å². The van der Waals surface area contributed by atoms with Crippen LogP contribution in [0.1, 0.15) is 17.9 Å². The molecule has 1 aliphatic carbocycles. The predicted molar refractivity (Wildman–Crippen MR) is 76.8 cm³/mol. The molecule has 2 aromatic rings. The second-order valence-corrected chi connectivity index (χ2v) is 5.78. The van der Waals surface area contributed by atoms with Gasteiger partial charge in [-0.3, -0.25) is 9.48 Å². The number of aromatic nitrogens is 2. The number of rotatable bonds is 3. The average Bonchev–Trinajstić information content (AvgIpc) is 3.13. The Bertz CT molecular complexity index is 633. The monoisotopic (exact) mass is 337 g/mol. The Labute approximate surface area is 124 Å². The van der Waals surface area contributed by atoms with Gasteiger partial charge < -0.3 is 5.32 Å². The Morgan fingerprint density at radius 2 is 2.15 bits per heavy atom. The maximum atomic E-state index is 12.9. The number of amides is 1. The summed E-state index contributed by atoms with van der Waals surface area (Å²) in [6.07, 6.45) is 0.797. The standard InChI is InChI=1S/C14H13BrFN3O/c1-19-12(15)7-13(18-19)17-14(20)11-6-10(11)8-2-4-9(16)5-3-8/h2-5,7,10-11H,6H2,1H3,(H,17,18,20)/t10-,11+/m1/s1. The maximum Gasteiger partial charge on any atom is 0.229 e. The van der Waals surface area contributed by atoms with E-state index in [2.05, 4.69) is 26.3 Å². The molecule has 20 heavy (non-hydrogen) atoms. The van der Waals surface area contributed by atoms with Gasteiger partial charge in [-0.25, -0.2) is 4.39 Å². The largest absolute Gasteiger partial charge is 0.309 e. The van der Waals surface area contributed by atoms with E-state index in [1.165, 1.54) is 12.1 Å². The normalized spacial score (nSPS) is 20.8. The second-order valence-electron chi connectivity index (χ2n) is 4.97. The van der Waals surface area contributed by atoms with Gasteiger partial charge in [0.25, 0.3) is 0 Å². The van der Waals surface area contributed by atoms with Gasteiger partial charge in [-0.05, 0) is 46.0 Å². The van der Waals surface area contributed by atoms with E-state index in [1.807, 2.05) is 0 Å². The van der Waals surface area contributed by atoms with Crippen LogP contribution in [0.5, 0.6) is 0 Å². The zero-order valence-corrected chi connectivity index (χ0v) is 12.4. The van der Waals surface area contributed by atoms with E-state index < -0.39 is 0 Å². The zero-order valence-electron chi connectivity index (χ0n) is 10.8. The van der Waals surface area contributed by atoms with Gasteiger partial charge in [-0.1, -0.05) is 12.1 Å². The number of carbonyl (C=O) groups is 1. The van der Waals surface area contributed by atoms with Gasteiger partial charge in [-0.15, -0.1) is 0 Å². The Morgan fingerprint density at radius 1 is 1.45 bits per heavy atom. The highest BCUT2D eigenvalue weighted by molar-refractivity contribution is 9.10. The smallest absolute Gasteiger partial charge is 0.229 e. The number of hydrogen-bond donors (Lipinski definition) is 1. The summed E-state index contributed by atoms with van der Waals surface area (Å²) in [6, 6.07) is 8.10. The van der Waals surface area contributed by atoms with E-state index in [0.717, 1.165) is 16.6 Å². The molecule has 104 valence electrons. The highest BCUT2D eigenvalue weighted by Gasteiger charge is 2.44. The number of hydrogen-bond acceptors (Lipinski definition) is 2. The van der Waals surface area contributed by atoms with Crippen LogP contribution < -0.4 is 5.32 Å². The third-order valence-corrected chi connectivity index (χ3v) is 4.24. The summed E-state index contributed by atoms with van der Waals surface area (Å²) in [5.74, 6) is 0.372. The molecule has 0 spiro atoms. The van der Waals surface area contributed by atoms with Crippen molar-refractivity contribution in [3.05, 3.63) is 46.3 Å². The molecule has 1 saturated carbocycles. The van der Waals surface area contributed by atoms with Gasteiger partial charge in [0.2, 0.25) is 5.91 Å². The van der Waals surface area contributed by atoms with Crippen LogP contribution in [0.25, 0.3) is 0 Å². The van der Waals surface area contributed by atoms with Crippen LogP contribution in [0.3, 0.4) is 0 Å². The minimum absolute atomic E-state index is 0.0371. The van der Waals surface area contributed by atoms with Crippen LogP contribution in [0.2, 0.25) is 0 Å². The first-order valence-corrected chi connectivity index (χ1v) is 7.10. The van der Waals surface area contributed by atoms with Gasteiger partial charge in [0.05, 0.1) is 0 Å². The number of benzene rings is 1. The summed E-state index contributed by atoms with van der Waals surface area (Å²) in [7, 11) is 1.79. The molecule has 0 bridgehead atoms. The van der Waals surface area contributed by atoms with Crippen molar-refractivity contribution in [1.82, 2.24) is 9.78 Å². The summed E-state index contributed by atoms with van der Waals surface area (Å²) in [6.45, 7) is 0. The Morgan fingerprint density at radius 3 is 2.75 bits per heavy atom. The van der Waals surface area contributed by atoms with E-state index in [-0.39, 0.29) is 23.6 Å². The quantitative estimate of drug-likeness (QED) is 0.935. The van der Waals surface area contributed by atoms with E-state index in [1.54, 1.807) is 29.9 Å². The van der Waals surface area contributed by atoms with Gasteiger partial charge >= 0.3 is 0 Å². The van der Waals surface area contributed by atoms with Crippen molar-refractivity contribution in [2.24, 2.45) is 13.0 Å². The molecule has 1 N–H and O–H groups in total. The average molecular weight is 338 g/mol. The molecular weight excluding hydrogens is 325 g/mol. The van der Waals surface area contributed by atoms with Crippen LogP contribution in [-0.4, -0.2) is 15.7 Å². The van der Waals surface area contributed by atoms with Gasteiger partial charge in [0.15, 0.2) is 5.82 Å². The van der Waals surface area contributed by atoms with Crippen molar-refractivity contribution in [2.45, 2.75) is 12.3 Å². The molecule has 1 aromatic heterocycles.